The molecule has 1 aromatic rings. The maximum absolute atomic E-state index is 11.9. The number of nitrogens with one attached hydrogen (secondary N) is 1. The zero-order valence-electron chi connectivity index (χ0n) is 8.34. The SMILES string of the molecule is CCCN(CC#N)S(=O)(=O)c1cnc[nH]1. The molecule has 0 aliphatic carbocycles. The average molecular weight is 228 g/mol. The Morgan fingerprint density at radius 3 is 2.87 bits per heavy atom. The Bertz CT molecular complexity index is 432. The van der Waals surface area contributed by atoms with Crippen LogP contribution in [0.15, 0.2) is 17.6 Å². The first-order valence-corrected chi connectivity index (χ1v) is 5.92. The average Bonchev–Trinajstić information content (AvgIpc) is 2.70. The molecular weight excluding hydrogens is 216 g/mol. The van der Waals surface area contributed by atoms with Gasteiger partial charge in [0.2, 0.25) is 0 Å². The minimum Gasteiger partial charge on any atom is -0.335 e. The summed E-state index contributed by atoms with van der Waals surface area (Å²) in [7, 11) is -3.59. The fourth-order valence-electron chi connectivity index (χ4n) is 1.14. The number of sulfonamides is 1. The number of H-pyrrole nitrogens is 1. The summed E-state index contributed by atoms with van der Waals surface area (Å²) in [6, 6.07) is 1.83. The van der Waals surface area contributed by atoms with E-state index in [9.17, 15) is 8.42 Å². The first-order valence-electron chi connectivity index (χ1n) is 4.48. The standard InChI is InChI=1S/C8H12N4O2S/c1-2-4-12(5-3-9)15(13,14)8-6-10-7-11-8/h6-7H,2,4-5H2,1H3,(H,10,11). The van der Waals surface area contributed by atoms with E-state index in [4.69, 9.17) is 5.26 Å². The largest absolute Gasteiger partial charge is 0.335 e. The normalized spacial score (nSPS) is 11.5. The molecule has 0 atom stereocenters. The summed E-state index contributed by atoms with van der Waals surface area (Å²) in [5, 5.41) is 8.56. The highest BCUT2D eigenvalue weighted by atomic mass is 32.2. The Morgan fingerprint density at radius 2 is 2.40 bits per heavy atom. The van der Waals surface area contributed by atoms with Gasteiger partial charge in [-0.1, -0.05) is 6.92 Å². The minimum absolute atomic E-state index is 0.0196. The second-order valence-corrected chi connectivity index (χ2v) is 4.82. The Morgan fingerprint density at radius 1 is 1.67 bits per heavy atom. The molecule has 0 bridgehead atoms. The van der Waals surface area contributed by atoms with Gasteiger partial charge >= 0.3 is 0 Å². The molecule has 15 heavy (non-hydrogen) atoms. The second kappa shape index (κ2) is 4.91. The molecule has 7 heteroatoms. The van der Waals surface area contributed by atoms with Gasteiger partial charge in [-0.15, -0.1) is 0 Å². The van der Waals surface area contributed by atoms with Crippen LogP contribution in [0, 0.1) is 11.3 Å². The van der Waals surface area contributed by atoms with Gasteiger partial charge in [0.1, 0.15) is 6.54 Å². The van der Waals surface area contributed by atoms with E-state index in [-0.39, 0.29) is 11.6 Å². The summed E-state index contributed by atoms with van der Waals surface area (Å²) < 4.78 is 24.9. The quantitative estimate of drug-likeness (QED) is 0.735. The van der Waals surface area contributed by atoms with Crippen molar-refractivity contribution in [2.24, 2.45) is 0 Å². The van der Waals surface area contributed by atoms with Gasteiger partial charge in [-0.2, -0.15) is 9.57 Å². The third-order valence-corrected chi connectivity index (χ3v) is 3.58. The van der Waals surface area contributed by atoms with Crippen molar-refractivity contribution in [3.05, 3.63) is 12.5 Å². The van der Waals surface area contributed by atoms with Crippen LogP contribution in [0.5, 0.6) is 0 Å². The van der Waals surface area contributed by atoms with E-state index < -0.39 is 10.0 Å². The van der Waals surface area contributed by atoms with Gasteiger partial charge < -0.3 is 4.98 Å². The second-order valence-electron chi connectivity index (χ2n) is 2.91. The summed E-state index contributed by atoms with van der Waals surface area (Å²) in [4.78, 5) is 6.17. The van der Waals surface area contributed by atoms with Crippen LogP contribution < -0.4 is 0 Å². The lowest BCUT2D eigenvalue weighted by atomic mass is 10.5. The summed E-state index contributed by atoms with van der Waals surface area (Å²) in [6.45, 7) is 2.04. The molecule has 1 aromatic heterocycles. The highest BCUT2D eigenvalue weighted by Gasteiger charge is 2.24. The smallest absolute Gasteiger partial charge is 0.261 e. The van der Waals surface area contributed by atoms with Crippen LogP contribution in [-0.4, -0.2) is 35.8 Å². The molecule has 1 N–H and O–H groups in total. The van der Waals surface area contributed by atoms with Gasteiger partial charge in [-0.25, -0.2) is 13.4 Å². The van der Waals surface area contributed by atoms with Gasteiger partial charge in [0.25, 0.3) is 10.0 Å². The molecule has 0 amide bonds. The number of nitrogens with zero attached hydrogens (tertiary/aromatic N) is 3. The van der Waals surface area contributed by atoms with E-state index in [1.807, 2.05) is 13.0 Å². The van der Waals surface area contributed by atoms with Crippen molar-refractivity contribution in [2.45, 2.75) is 18.4 Å². The molecule has 1 rings (SSSR count). The summed E-state index contributed by atoms with van der Waals surface area (Å²) in [5.41, 5.74) is 0. The van der Waals surface area contributed by atoms with Crippen LogP contribution in [0.1, 0.15) is 13.3 Å². The highest BCUT2D eigenvalue weighted by molar-refractivity contribution is 7.89. The summed E-state index contributed by atoms with van der Waals surface area (Å²) >= 11 is 0. The molecule has 0 aliphatic rings. The lowest BCUT2D eigenvalue weighted by Crippen LogP contribution is -2.32. The molecule has 0 fully saturated rings. The fraction of sp³-hybridized carbons (Fsp3) is 0.500. The lowest BCUT2D eigenvalue weighted by molar-refractivity contribution is 0.442. The molecule has 0 saturated carbocycles. The zero-order valence-corrected chi connectivity index (χ0v) is 9.16. The van der Waals surface area contributed by atoms with Gasteiger partial charge in [0.15, 0.2) is 5.03 Å². The van der Waals surface area contributed by atoms with Crippen LogP contribution in [0.4, 0.5) is 0 Å². The van der Waals surface area contributed by atoms with E-state index in [0.29, 0.717) is 13.0 Å². The van der Waals surface area contributed by atoms with Crippen LogP contribution >= 0.6 is 0 Å². The number of rotatable bonds is 5. The van der Waals surface area contributed by atoms with Gasteiger partial charge in [0, 0.05) is 6.54 Å². The maximum atomic E-state index is 11.9. The molecule has 0 unspecified atom stereocenters. The van der Waals surface area contributed by atoms with Crippen molar-refractivity contribution in [1.82, 2.24) is 14.3 Å². The molecular formula is C8H12N4O2S. The summed E-state index contributed by atoms with van der Waals surface area (Å²) in [6.07, 6.45) is 3.19. The lowest BCUT2D eigenvalue weighted by Gasteiger charge is -2.16. The predicted molar refractivity (Wildman–Crippen MR) is 53.3 cm³/mol. The van der Waals surface area contributed by atoms with Crippen molar-refractivity contribution in [3.63, 3.8) is 0 Å². The molecule has 0 aromatic carbocycles. The number of aromatic nitrogens is 2. The van der Waals surface area contributed by atoms with E-state index >= 15 is 0 Å². The Kier molecular flexibility index (Phi) is 3.82. The van der Waals surface area contributed by atoms with Crippen LogP contribution in [0.25, 0.3) is 0 Å². The molecule has 0 radical (unpaired) electrons. The predicted octanol–water partition coefficient (Wildman–Crippen LogP) is 0.334. The van der Waals surface area contributed by atoms with E-state index in [0.717, 1.165) is 4.31 Å². The van der Waals surface area contributed by atoms with Crippen molar-refractivity contribution in [3.8, 4) is 6.07 Å². The molecule has 82 valence electrons. The number of nitriles is 1. The monoisotopic (exact) mass is 228 g/mol. The molecule has 0 spiro atoms. The molecule has 0 aliphatic heterocycles. The minimum atomic E-state index is -3.59. The topological polar surface area (TPSA) is 89.8 Å². The zero-order chi connectivity index (χ0) is 11.3. The van der Waals surface area contributed by atoms with Crippen molar-refractivity contribution >= 4 is 10.0 Å². The summed E-state index contributed by atoms with van der Waals surface area (Å²) in [5.74, 6) is 0. The molecule has 6 nitrogen and oxygen atoms in total. The van der Waals surface area contributed by atoms with E-state index in [2.05, 4.69) is 9.97 Å². The highest BCUT2D eigenvalue weighted by Crippen LogP contribution is 2.11. The number of imidazole rings is 1. The Labute approximate surface area is 88.6 Å². The van der Waals surface area contributed by atoms with Gasteiger partial charge in [-0.3, -0.25) is 0 Å². The van der Waals surface area contributed by atoms with Gasteiger partial charge in [0.05, 0.1) is 18.6 Å². The Balaban J connectivity index is 2.97. The van der Waals surface area contributed by atoms with E-state index in [1.165, 1.54) is 12.5 Å². The van der Waals surface area contributed by atoms with Crippen molar-refractivity contribution in [2.75, 3.05) is 13.1 Å². The van der Waals surface area contributed by atoms with Crippen molar-refractivity contribution in [1.29, 1.82) is 5.26 Å². The van der Waals surface area contributed by atoms with Crippen molar-refractivity contribution < 1.29 is 8.42 Å². The third-order valence-electron chi connectivity index (χ3n) is 1.81. The van der Waals surface area contributed by atoms with Crippen LogP contribution in [0.3, 0.4) is 0 Å². The maximum Gasteiger partial charge on any atom is 0.261 e. The van der Waals surface area contributed by atoms with Crippen LogP contribution in [-0.2, 0) is 10.0 Å². The third kappa shape index (κ3) is 2.55. The molecule has 0 saturated heterocycles. The van der Waals surface area contributed by atoms with Gasteiger partial charge in [-0.05, 0) is 6.42 Å². The first-order chi connectivity index (χ1) is 7.12. The molecule has 1 heterocycles. The number of hydrogen-bond acceptors (Lipinski definition) is 4. The first kappa shape index (κ1) is 11.7. The Hall–Kier alpha value is -1.39. The van der Waals surface area contributed by atoms with Crippen LogP contribution in [0.2, 0.25) is 0 Å². The number of hydrogen-bond donors (Lipinski definition) is 1. The fourth-order valence-corrected chi connectivity index (χ4v) is 2.46. The van der Waals surface area contributed by atoms with E-state index in [1.54, 1.807) is 0 Å². The number of aromatic amines is 1.